The Morgan fingerprint density at radius 3 is 2.79 bits per heavy atom. The van der Waals surface area contributed by atoms with Crippen molar-refractivity contribution in [1.82, 2.24) is 25.8 Å². The van der Waals surface area contributed by atoms with Crippen LogP contribution in [0.1, 0.15) is 31.5 Å². The smallest absolute Gasteiger partial charge is 0.321 e. The number of urea groups is 1. The molecule has 0 aliphatic heterocycles. The van der Waals surface area contributed by atoms with Gasteiger partial charge in [0.1, 0.15) is 5.82 Å². The first-order chi connectivity index (χ1) is 11.4. The van der Waals surface area contributed by atoms with Crippen LogP contribution in [0.4, 0.5) is 4.79 Å². The Balaban J connectivity index is 1.86. The summed E-state index contributed by atoms with van der Waals surface area (Å²) in [5.41, 5.74) is 0. The topological polar surface area (TPSA) is 99.8 Å². The number of H-pyrrole nitrogens is 1. The van der Waals surface area contributed by atoms with E-state index in [4.69, 9.17) is 0 Å². The zero-order valence-electron chi connectivity index (χ0n) is 13.6. The lowest BCUT2D eigenvalue weighted by molar-refractivity contribution is -0.119. The third-order valence-electron chi connectivity index (χ3n) is 2.74. The summed E-state index contributed by atoms with van der Waals surface area (Å²) < 4.78 is 0. The van der Waals surface area contributed by atoms with Gasteiger partial charge in [-0.3, -0.25) is 15.2 Å². The number of hydrogen-bond acceptors (Lipinski definition) is 6. The first-order valence-electron chi connectivity index (χ1n) is 7.36. The number of carbonyl (C=O) groups excluding carboxylic acids is 2. The van der Waals surface area contributed by atoms with Crippen LogP contribution in [0.2, 0.25) is 0 Å². The van der Waals surface area contributed by atoms with E-state index in [0.29, 0.717) is 11.0 Å². The lowest BCUT2D eigenvalue weighted by atomic mass is 10.4. The summed E-state index contributed by atoms with van der Waals surface area (Å²) in [4.78, 5) is 28.9. The average Bonchev–Trinajstić information content (AvgIpc) is 3.15. The molecule has 2 aromatic rings. The van der Waals surface area contributed by atoms with Crippen molar-refractivity contribution in [2.24, 2.45) is 0 Å². The lowest BCUT2D eigenvalue weighted by Crippen LogP contribution is -2.45. The van der Waals surface area contributed by atoms with Gasteiger partial charge in [-0.25, -0.2) is 9.78 Å². The highest BCUT2D eigenvalue weighted by atomic mass is 32.2. The van der Waals surface area contributed by atoms with E-state index in [1.807, 2.05) is 43.5 Å². The van der Waals surface area contributed by atoms with Crippen LogP contribution in [0.3, 0.4) is 0 Å². The molecule has 0 aromatic carbocycles. The summed E-state index contributed by atoms with van der Waals surface area (Å²) in [5.74, 6) is 0.217. The minimum Gasteiger partial charge on any atom is -0.336 e. The fourth-order valence-electron chi connectivity index (χ4n) is 1.66. The van der Waals surface area contributed by atoms with Gasteiger partial charge in [0.05, 0.1) is 5.25 Å². The van der Waals surface area contributed by atoms with E-state index < -0.39 is 17.2 Å². The van der Waals surface area contributed by atoms with E-state index in [1.165, 1.54) is 11.8 Å². The third kappa shape index (κ3) is 5.82. The van der Waals surface area contributed by atoms with Gasteiger partial charge in [-0.15, -0.1) is 16.4 Å². The molecule has 2 heterocycles. The van der Waals surface area contributed by atoms with Crippen LogP contribution in [0.5, 0.6) is 0 Å². The largest absolute Gasteiger partial charge is 0.336 e. The van der Waals surface area contributed by atoms with Gasteiger partial charge in [-0.2, -0.15) is 0 Å². The molecule has 1 atom stereocenters. The fourth-order valence-corrected chi connectivity index (χ4v) is 3.01. The summed E-state index contributed by atoms with van der Waals surface area (Å²) in [6.45, 7) is 5.34. The highest BCUT2D eigenvalue weighted by Gasteiger charge is 2.19. The lowest BCUT2D eigenvalue weighted by Gasteiger charge is -2.11. The Labute approximate surface area is 148 Å². The molecule has 7 nitrogen and oxygen atoms in total. The predicted molar refractivity (Wildman–Crippen MR) is 96.8 cm³/mol. The molecule has 128 valence electrons. The third-order valence-corrected chi connectivity index (χ3v) is 4.54. The Hall–Kier alpha value is -2.13. The minimum absolute atomic E-state index is 0.0357. The quantitative estimate of drug-likeness (QED) is 0.684. The van der Waals surface area contributed by atoms with E-state index in [0.717, 1.165) is 4.88 Å². The number of hydrogen-bond donors (Lipinski definition) is 3. The molecule has 0 saturated heterocycles. The summed E-state index contributed by atoms with van der Waals surface area (Å²) in [6.07, 6.45) is 3.76. The Morgan fingerprint density at radius 2 is 2.12 bits per heavy atom. The van der Waals surface area contributed by atoms with Gasteiger partial charge in [0.2, 0.25) is 11.1 Å². The molecule has 2 rings (SSSR count). The summed E-state index contributed by atoms with van der Waals surface area (Å²) >= 11 is 2.81. The Bertz CT molecular complexity index is 709. The molecule has 0 saturated carbocycles. The van der Waals surface area contributed by atoms with E-state index >= 15 is 0 Å². The number of amides is 3. The minimum atomic E-state index is -0.503. The second-order valence-electron chi connectivity index (χ2n) is 5.23. The molecule has 0 aliphatic carbocycles. The number of aromatic nitrogens is 3. The highest BCUT2D eigenvalue weighted by molar-refractivity contribution is 8.00. The summed E-state index contributed by atoms with van der Waals surface area (Å²) in [7, 11) is 0. The van der Waals surface area contributed by atoms with E-state index in [-0.39, 0.29) is 6.04 Å². The number of carbonyl (C=O) groups is 2. The van der Waals surface area contributed by atoms with Crippen molar-refractivity contribution < 1.29 is 9.59 Å². The molecule has 0 bridgehead atoms. The van der Waals surface area contributed by atoms with Crippen LogP contribution in [0, 0.1) is 0 Å². The molecule has 24 heavy (non-hydrogen) atoms. The van der Waals surface area contributed by atoms with E-state index in [9.17, 15) is 9.59 Å². The number of nitrogens with one attached hydrogen (secondary N) is 3. The molecule has 1 unspecified atom stereocenters. The summed E-state index contributed by atoms with van der Waals surface area (Å²) in [5, 5.41) is 13.7. The molecule has 0 fully saturated rings. The van der Waals surface area contributed by atoms with Crippen molar-refractivity contribution in [3.05, 3.63) is 28.2 Å². The van der Waals surface area contributed by atoms with Crippen molar-refractivity contribution in [2.45, 2.75) is 37.2 Å². The average molecular weight is 365 g/mol. The number of thiophene rings is 1. The van der Waals surface area contributed by atoms with Gasteiger partial charge in [-0.05, 0) is 44.4 Å². The van der Waals surface area contributed by atoms with Crippen LogP contribution >= 0.6 is 23.1 Å². The fraction of sp³-hybridized carbons (Fsp3) is 0.333. The Morgan fingerprint density at radius 1 is 1.33 bits per heavy atom. The maximum absolute atomic E-state index is 12.0. The van der Waals surface area contributed by atoms with Gasteiger partial charge in [0.25, 0.3) is 0 Å². The predicted octanol–water partition coefficient (Wildman–Crippen LogP) is 2.75. The van der Waals surface area contributed by atoms with Crippen molar-refractivity contribution >= 4 is 47.2 Å². The van der Waals surface area contributed by atoms with E-state index in [2.05, 4.69) is 25.8 Å². The molecule has 0 aliphatic rings. The van der Waals surface area contributed by atoms with Gasteiger partial charge >= 0.3 is 6.03 Å². The van der Waals surface area contributed by atoms with Crippen LogP contribution in [-0.2, 0) is 4.79 Å². The molecule has 0 radical (unpaired) electrons. The van der Waals surface area contributed by atoms with Crippen molar-refractivity contribution in [2.75, 3.05) is 0 Å². The number of thioether (sulfide) groups is 1. The number of imide groups is 1. The second-order valence-corrected chi connectivity index (χ2v) is 7.52. The van der Waals surface area contributed by atoms with Crippen LogP contribution < -0.4 is 10.6 Å². The van der Waals surface area contributed by atoms with E-state index in [1.54, 1.807) is 18.3 Å². The van der Waals surface area contributed by atoms with Crippen LogP contribution in [-0.4, -0.2) is 38.4 Å². The zero-order valence-corrected chi connectivity index (χ0v) is 15.2. The molecule has 3 N–H and O–H groups in total. The Kier molecular flexibility index (Phi) is 6.56. The maximum atomic E-state index is 12.0. The molecule has 9 heteroatoms. The molecule has 3 amide bonds. The number of nitrogens with zero attached hydrogens (tertiary/aromatic N) is 2. The molecular weight excluding hydrogens is 346 g/mol. The highest BCUT2D eigenvalue weighted by Crippen LogP contribution is 2.20. The summed E-state index contributed by atoms with van der Waals surface area (Å²) in [6, 6.07) is 3.44. The number of rotatable bonds is 6. The first-order valence-corrected chi connectivity index (χ1v) is 9.12. The standard InChI is InChI=1S/C15H19N5O2S2/c1-9(2)16-14(22)18-13(21)10(3)24-15-17-12(19-20-15)7-6-11-5-4-8-23-11/h4-10H,1-3H3,(H,17,19,20)(H2,16,18,21,22). The normalized spacial score (nSPS) is 12.5. The van der Waals surface area contributed by atoms with Crippen molar-refractivity contribution in [3.63, 3.8) is 0 Å². The van der Waals surface area contributed by atoms with Gasteiger partial charge in [0.15, 0.2) is 0 Å². The monoisotopic (exact) mass is 365 g/mol. The first kappa shape index (κ1) is 18.2. The van der Waals surface area contributed by atoms with Gasteiger partial charge < -0.3 is 5.32 Å². The van der Waals surface area contributed by atoms with Crippen molar-refractivity contribution in [3.8, 4) is 0 Å². The SMILES string of the molecule is CC(C)NC(=O)NC(=O)C(C)Sc1n[nH]c(C=Cc2cccs2)n1. The molecule has 2 aromatic heterocycles. The van der Waals surface area contributed by atoms with Crippen LogP contribution in [0.15, 0.2) is 22.7 Å². The molecule has 0 spiro atoms. The number of aromatic amines is 1. The van der Waals surface area contributed by atoms with Gasteiger partial charge in [0, 0.05) is 10.9 Å². The second kappa shape index (κ2) is 8.65. The van der Waals surface area contributed by atoms with Crippen molar-refractivity contribution in [1.29, 1.82) is 0 Å². The van der Waals surface area contributed by atoms with Crippen LogP contribution in [0.25, 0.3) is 12.2 Å². The molecular formula is C15H19N5O2S2. The zero-order chi connectivity index (χ0) is 17.5. The maximum Gasteiger partial charge on any atom is 0.321 e. The van der Waals surface area contributed by atoms with Gasteiger partial charge in [-0.1, -0.05) is 17.8 Å².